The normalized spacial score (nSPS) is 21.3. The van der Waals surface area contributed by atoms with Crippen molar-refractivity contribution in [3.05, 3.63) is 33.8 Å². The third-order valence-corrected chi connectivity index (χ3v) is 4.54. The molecule has 2 heterocycles. The number of imide groups is 1. The van der Waals surface area contributed by atoms with Crippen molar-refractivity contribution in [2.24, 2.45) is 0 Å². The summed E-state index contributed by atoms with van der Waals surface area (Å²) in [6.45, 7) is 3.79. The summed E-state index contributed by atoms with van der Waals surface area (Å²) in [4.78, 5) is 39.9. The summed E-state index contributed by atoms with van der Waals surface area (Å²) in [5.74, 6) is -0.997. The molecular formula is C15H16BrN3O3. The molecule has 2 aliphatic heterocycles. The van der Waals surface area contributed by atoms with Crippen molar-refractivity contribution in [3.63, 3.8) is 0 Å². The standard InChI is InChI=1S/C15H16BrN3O3/c1-9-7-17-4-5-18(9)13(20)8-19-14(21)11-3-2-10(16)6-12(11)15(19)22/h2-3,6,9,17H,4-5,7-8H2,1H3/t9-/m0/s1. The van der Waals surface area contributed by atoms with Gasteiger partial charge in [-0.1, -0.05) is 15.9 Å². The van der Waals surface area contributed by atoms with Gasteiger partial charge in [0.2, 0.25) is 5.91 Å². The summed E-state index contributed by atoms with van der Waals surface area (Å²) in [7, 11) is 0. The summed E-state index contributed by atoms with van der Waals surface area (Å²) in [5, 5.41) is 3.20. The average molecular weight is 366 g/mol. The second-order valence-electron chi connectivity index (χ2n) is 5.53. The summed E-state index contributed by atoms with van der Waals surface area (Å²) in [6, 6.07) is 5.00. The molecule has 1 N–H and O–H groups in total. The molecule has 0 saturated carbocycles. The van der Waals surface area contributed by atoms with Gasteiger partial charge in [-0.2, -0.15) is 0 Å². The van der Waals surface area contributed by atoms with Crippen molar-refractivity contribution in [3.8, 4) is 0 Å². The van der Waals surface area contributed by atoms with E-state index >= 15 is 0 Å². The first-order valence-corrected chi connectivity index (χ1v) is 7.94. The van der Waals surface area contributed by atoms with Crippen molar-refractivity contribution in [2.75, 3.05) is 26.2 Å². The number of hydrogen-bond acceptors (Lipinski definition) is 4. The Bertz CT molecular complexity index is 661. The molecule has 1 aromatic rings. The molecule has 116 valence electrons. The molecule has 3 rings (SSSR count). The van der Waals surface area contributed by atoms with Crippen LogP contribution in [0.4, 0.5) is 0 Å². The molecule has 0 spiro atoms. The first kappa shape index (κ1) is 15.2. The van der Waals surface area contributed by atoms with Crippen LogP contribution in [0.15, 0.2) is 22.7 Å². The van der Waals surface area contributed by atoms with Gasteiger partial charge < -0.3 is 10.2 Å². The smallest absolute Gasteiger partial charge is 0.262 e. The first-order valence-electron chi connectivity index (χ1n) is 7.15. The molecule has 2 aliphatic rings. The van der Waals surface area contributed by atoms with Gasteiger partial charge >= 0.3 is 0 Å². The fourth-order valence-corrected chi connectivity index (χ4v) is 3.21. The third-order valence-electron chi connectivity index (χ3n) is 4.05. The number of piperazine rings is 1. The molecule has 6 nitrogen and oxygen atoms in total. The predicted molar refractivity (Wildman–Crippen MR) is 83.6 cm³/mol. The van der Waals surface area contributed by atoms with E-state index in [0.717, 1.165) is 22.5 Å². The van der Waals surface area contributed by atoms with Crippen LogP contribution in [0.2, 0.25) is 0 Å². The van der Waals surface area contributed by atoms with Crippen LogP contribution in [0.3, 0.4) is 0 Å². The third kappa shape index (κ3) is 2.55. The second kappa shape index (κ2) is 5.81. The van der Waals surface area contributed by atoms with E-state index in [1.807, 2.05) is 6.92 Å². The number of fused-ring (bicyclic) bond motifs is 1. The van der Waals surface area contributed by atoms with Crippen LogP contribution in [0.5, 0.6) is 0 Å². The Kier molecular flexibility index (Phi) is 4.01. The van der Waals surface area contributed by atoms with E-state index in [1.54, 1.807) is 23.1 Å². The highest BCUT2D eigenvalue weighted by Crippen LogP contribution is 2.26. The van der Waals surface area contributed by atoms with Gasteiger partial charge in [0.1, 0.15) is 6.54 Å². The van der Waals surface area contributed by atoms with E-state index in [4.69, 9.17) is 0 Å². The highest BCUT2D eigenvalue weighted by Gasteiger charge is 2.38. The minimum atomic E-state index is -0.405. The molecular weight excluding hydrogens is 350 g/mol. The molecule has 0 aliphatic carbocycles. The maximum Gasteiger partial charge on any atom is 0.262 e. The number of nitrogens with zero attached hydrogens (tertiary/aromatic N) is 2. The summed E-state index contributed by atoms with van der Waals surface area (Å²) >= 11 is 3.29. The Labute approximate surface area is 136 Å². The van der Waals surface area contributed by atoms with Crippen LogP contribution in [0.25, 0.3) is 0 Å². The van der Waals surface area contributed by atoms with Gasteiger partial charge in [0, 0.05) is 30.1 Å². The van der Waals surface area contributed by atoms with Crippen LogP contribution in [0, 0.1) is 0 Å². The number of nitrogens with one attached hydrogen (secondary N) is 1. The van der Waals surface area contributed by atoms with Gasteiger partial charge in [-0.05, 0) is 25.1 Å². The highest BCUT2D eigenvalue weighted by molar-refractivity contribution is 9.10. The van der Waals surface area contributed by atoms with Crippen LogP contribution in [-0.2, 0) is 4.79 Å². The van der Waals surface area contributed by atoms with E-state index in [2.05, 4.69) is 21.2 Å². The van der Waals surface area contributed by atoms with E-state index in [9.17, 15) is 14.4 Å². The minimum Gasteiger partial charge on any atom is -0.336 e. The van der Waals surface area contributed by atoms with Gasteiger partial charge in [0.05, 0.1) is 11.1 Å². The number of rotatable bonds is 2. The molecule has 1 fully saturated rings. The number of carbonyl (C=O) groups is 3. The lowest BCUT2D eigenvalue weighted by atomic mass is 10.1. The summed E-state index contributed by atoms with van der Waals surface area (Å²) in [6.07, 6.45) is 0. The Balaban J connectivity index is 1.78. The Hall–Kier alpha value is -1.73. The Morgan fingerprint density at radius 3 is 2.77 bits per heavy atom. The number of benzene rings is 1. The molecule has 1 aromatic carbocycles. The highest BCUT2D eigenvalue weighted by atomic mass is 79.9. The van der Waals surface area contributed by atoms with Crippen LogP contribution < -0.4 is 5.32 Å². The van der Waals surface area contributed by atoms with Gasteiger partial charge in [0.25, 0.3) is 11.8 Å². The number of halogens is 1. The fourth-order valence-electron chi connectivity index (χ4n) is 2.84. The maximum absolute atomic E-state index is 12.4. The number of carbonyl (C=O) groups excluding carboxylic acids is 3. The quantitative estimate of drug-likeness (QED) is 0.789. The number of hydrogen-bond donors (Lipinski definition) is 1. The first-order chi connectivity index (χ1) is 10.5. The van der Waals surface area contributed by atoms with Crippen molar-refractivity contribution >= 4 is 33.7 Å². The minimum absolute atomic E-state index is 0.0607. The Morgan fingerprint density at radius 1 is 1.32 bits per heavy atom. The molecule has 1 saturated heterocycles. The van der Waals surface area contributed by atoms with Crippen molar-refractivity contribution in [1.29, 1.82) is 0 Å². The van der Waals surface area contributed by atoms with E-state index in [0.29, 0.717) is 17.7 Å². The SMILES string of the molecule is C[C@H]1CNCCN1C(=O)CN1C(=O)c2ccc(Br)cc2C1=O. The van der Waals surface area contributed by atoms with E-state index < -0.39 is 11.8 Å². The average Bonchev–Trinajstić information content (AvgIpc) is 2.72. The summed E-state index contributed by atoms with van der Waals surface area (Å²) in [5.41, 5.74) is 0.704. The zero-order valence-electron chi connectivity index (χ0n) is 12.1. The maximum atomic E-state index is 12.4. The molecule has 3 amide bonds. The summed E-state index contributed by atoms with van der Waals surface area (Å²) < 4.78 is 0.733. The van der Waals surface area contributed by atoms with Crippen LogP contribution in [0.1, 0.15) is 27.6 Å². The van der Waals surface area contributed by atoms with Crippen LogP contribution in [-0.4, -0.2) is 59.7 Å². The van der Waals surface area contributed by atoms with Crippen molar-refractivity contribution in [1.82, 2.24) is 15.1 Å². The topological polar surface area (TPSA) is 69.7 Å². The predicted octanol–water partition coefficient (Wildman–Crippen LogP) is 0.865. The molecule has 0 radical (unpaired) electrons. The zero-order chi connectivity index (χ0) is 15.9. The zero-order valence-corrected chi connectivity index (χ0v) is 13.7. The van der Waals surface area contributed by atoms with Gasteiger partial charge in [0.15, 0.2) is 0 Å². The van der Waals surface area contributed by atoms with Crippen molar-refractivity contribution in [2.45, 2.75) is 13.0 Å². The molecule has 7 heteroatoms. The van der Waals surface area contributed by atoms with Gasteiger partial charge in [-0.25, -0.2) is 0 Å². The monoisotopic (exact) mass is 365 g/mol. The molecule has 22 heavy (non-hydrogen) atoms. The molecule has 0 unspecified atom stereocenters. The largest absolute Gasteiger partial charge is 0.336 e. The molecule has 0 aromatic heterocycles. The van der Waals surface area contributed by atoms with Crippen LogP contribution >= 0.6 is 15.9 Å². The Morgan fingerprint density at radius 2 is 2.05 bits per heavy atom. The van der Waals surface area contributed by atoms with Gasteiger partial charge in [-0.15, -0.1) is 0 Å². The second-order valence-corrected chi connectivity index (χ2v) is 6.44. The van der Waals surface area contributed by atoms with E-state index in [-0.39, 0.29) is 18.5 Å². The lowest BCUT2D eigenvalue weighted by Gasteiger charge is -2.34. The van der Waals surface area contributed by atoms with E-state index in [1.165, 1.54) is 0 Å². The van der Waals surface area contributed by atoms with Gasteiger partial charge in [-0.3, -0.25) is 19.3 Å². The van der Waals surface area contributed by atoms with Crippen molar-refractivity contribution < 1.29 is 14.4 Å². The number of amides is 3. The lowest BCUT2D eigenvalue weighted by molar-refractivity contribution is -0.134. The lowest BCUT2D eigenvalue weighted by Crippen LogP contribution is -2.55. The molecule has 0 bridgehead atoms. The molecule has 1 atom stereocenters. The fraction of sp³-hybridized carbons (Fsp3) is 0.400.